The Bertz CT molecular complexity index is 784. The van der Waals surface area contributed by atoms with Gasteiger partial charge in [-0.25, -0.2) is 9.97 Å². The zero-order valence-electron chi connectivity index (χ0n) is 13.1. The van der Waals surface area contributed by atoms with Crippen molar-refractivity contribution in [3.05, 3.63) is 35.6 Å². The minimum absolute atomic E-state index is 0.170. The molecule has 1 saturated heterocycles. The summed E-state index contributed by atoms with van der Waals surface area (Å²) >= 11 is 0. The van der Waals surface area contributed by atoms with E-state index in [1.165, 1.54) is 17.3 Å². The number of carbonyl (C=O) groups is 1. The number of nitrogens with zero attached hydrogens (tertiary/aromatic N) is 6. The number of hydrogen-bond donors (Lipinski definition) is 1. The van der Waals surface area contributed by atoms with Gasteiger partial charge in [0.25, 0.3) is 5.91 Å². The molecule has 0 unspecified atom stereocenters. The fourth-order valence-electron chi connectivity index (χ4n) is 2.64. The lowest BCUT2D eigenvalue weighted by atomic mass is 10.3. The summed E-state index contributed by atoms with van der Waals surface area (Å²) in [5, 5.41) is 23.1. The number of rotatable bonds is 2. The van der Waals surface area contributed by atoms with Crippen molar-refractivity contribution in [2.24, 2.45) is 0 Å². The maximum Gasteiger partial charge on any atom is 0.276 e. The monoisotopic (exact) mass is 328 g/mol. The number of β-amino-alcohol motifs (C(OH)–C–C–N with tert-alkyl or cyclic N) is 1. The van der Waals surface area contributed by atoms with Gasteiger partial charge in [-0.15, -0.1) is 0 Å². The van der Waals surface area contributed by atoms with E-state index in [0.717, 1.165) is 0 Å². The van der Waals surface area contributed by atoms with Gasteiger partial charge in [0.1, 0.15) is 11.8 Å². The zero-order valence-corrected chi connectivity index (χ0v) is 13.1. The van der Waals surface area contributed by atoms with Crippen molar-refractivity contribution in [3.63, 3.8) is 0 Å². The molecule has 9 nitrogen and oxygen atoms in total. The summed E-state index contributed by atoms with van der Waals surface area (Å²) in [6.45, 7) is 2.93. The topological polar surface area (TPSA) is 119 Å². The number of aryl methyl sites for hydroxylation is 1. The molecule has 0 saturated carbocycles. The van der Waals surface area contributed by atoms with Gasteiger partial charge in [0.15, 0.2) is 17.2 Å². The van der Waals surface area contributed by atoms with Gasteiger partial charge >= 0.3 is 0 Å². The largest absolute Gasteiger partial charge is 0.389 e. The summed E-state index contributed by atoms with van der Waals surface area (Å²) in [6, 6.07) is 3.55. The summed E-state index contributed by atoms with van der Waals surface area (Å²) in [5.74, 6) is 0.659. The molecule has 1 N–H and O–H groups in total. The minimum atomic E-state index is -0.780. The van der Waals surface area contributed by atoms with E-state index in [2.05, 4.69) is 15.1 Å². The van der Waals surface area contributed by atoms with Gasteiger partial charge in [-0.1, -0.05) is 5.16 Å². The van der Waals surface area contributed by atoms with Gasteiger partial charge in [-0.05, 0) is 6.92 Å². The van der Waals surface area contributed by atoms with Crippen LogP contribution in [0.1, 0.15) is 21.9 Å². The van der Waals surface area contributed by atoms with E-state index in [-0.39, 0.29) is 30.4 Å². The zero-order chi connectivity index (χ0) is 17.1. The minimum Gasteiger partial charge on any atom is -0.389 e. The molecule has 1 atom stereocenters. The molecule has 3 rings (SSSR count). The van der Waals surface area contributed by atoms with Crippen molar-refractivity contribution in [2.75, 3.05) is 31.1 Å². The van der Waals surface area contributed by atoms with Crippen LogP contribution in [0.15, 0.2) is 23.0 Å². The second-order valence-corrected chi connectivity index (χ2v) is 5.51. The van der Waals surface area contributed by atoms with Crippen LogP contribution in [0, 0.1) is 18.3 Å². The van der Waals surface area contributed by atoms with E-state index in [4.69, 9.17) is 9.78 Å². The summed E-state index contributed by atoms with van der Waals surface area (Å²) in [6.07, 6.45) is 2.16. The quantitative estimate of drug-likeness (QED) is 0.816. The van der Waals surface area contributed by atoms with Crippen LogP contribution in [0.4, 0.5) is 5.82 Å². The smallest absolute Gasteiger partial charge is 0.276 e. The van der Waals surface area contributed by atoms with E-state index in [9.17, 15) is 9.90 Å². The second-order valence-electron chi connectivity index (χ2n) is 5.51. The lowest BCUT2D eigenvalue weighted by Crippen LogP contribution is -2.37. The molecule has 1 amide bonds. The van der Waals surface area contributed by atoms with Crippen LogP contribution in [0.25, 0.3) is 0 Å². The van der Waals surface area contributed by atoms with Crippen LogP contribution in [0.2, 0.25) is 0 Å². The molecule has 0 aliphatic carbocycles. The molecule has 3 heterocycles. The van der Waals surface area contributed by atoms with E-state index < -0.39 is 6.10 Å². The number of amides is 1. The third-order valence-electron chi connectivity index (χ3n) is 3.72. The highest BCUT2D eigenvalue weighted by atomic mass is 16.5. The van der Waals surface area contributed by atoms with E-state index in [1.54, 1.807) is 17.9 Å². The molecule has 0 aromatic carbocycles. The molecule has 124 valence electrons. The molecule has 2 aromatic heterocycles. The summed E-state index contributed by atoms with van der Waals surface area (Å²) in [7, 11) is 0. The molecular formula is C15H16N6O3. The number of nitriles is 1. The predicted octanol–water partition coefficient (Wildman–Crippen LogP) is -0.0320. The fraction of sp³-hybridized carbons (Fsp3) is 0.400. The molecule has 1 aliphatic rings. The van der Waals surface area contributed by atoms with Gasteiger partial charge in [0, 0.05) is 44.6 Å². The molecule has 24 heavy (non-hydrogen) atoms. The number of aliphatic hydroxyl groups excluding tert-OH is 1. The predicted molar refractivity (Wildman–Crippen MR) is 82.1 cm³/mol. The van der Waals surface area contributed by atoms with Crippen LogP contribution in [0.3, 0.4) is 0 Å². The molecule has 2 aromatic rings. The number of hydrogen-bond acceptors (Lipinski definition) is 8. The second kappa shape index (κ2) is 6.64. The van der Waals surface area contributed by atoms with Crippen molar-refractivity contribution in [3.8, 4) is 6.07 Å². The van der Waals surface area contributed by atoms with E-state index in [1.807, 2.05) is 6.07 Å². The highest BCUT2D eigenvalue weighted by Crippen LogP contribution is 2.17. The van der Waals surface area contributed by atoms with Crippen molar-refractivity contribution in [2.45, 2.75) is 13.0 Å². The van der Waals surface area contributed by atoms with Crippen LogP contribution in [-0.4, -0.2) is 63.3 Å². The average molecular weight is 328 g/mol. The maximum atomic E-state index is 12.5. The molecule has 0 bridgehead atoms. The lowest BCUT2D eigenvalue weighted by Gasteiger charge is -2.22. The summed E-state index contributed by atoms with van der Waals surface area (Å²) < 4.78 is 4.93. The normalized spacial score (nSPS) is 18.1. The summed E-state index contributed by atoms with van der Waals surface area (Å²) in [5.41, 5.74) is 0.405. The molecule has 1 fully saturated rings. The first kappa shape index (κ1) is 15.9. The first-order valence-corrected chi connectivity index (χ1v) is 7.45. The van der Waals surface area contributed by atoms with Gasteiger partial charge in [-0.3, -0.25) is 4.79 Å². The average Bonchev–Trinajstić information content (AvgIpc) is 2.92. The molecular weight excluding hydrogens is 312 g/mol. The Hall–Kier alpha value is -2.99. The molecule has 0 radical (unpaired) electrons. The Morgan fingerprint density at radius 2 is 2.17 bits per heavy atom. The SMILES string of the molecule is Cc1cc(C(=O)N2CCN(c3nccnc3C#N)C[C@@H](O)C2)no1. The van der Waals surface area contributed by atoms with Crippen LogP contribution in [-0.2, 0) is 0 Å². The maximum absolute atomic E-state index is 12.5. The van der Waals surface area contributed by atoms with Gasteiger partial charge in [0.05, 0.1) is 6.10 Å². The fourth-order valence-corrected chi connectivity index (χ4v) is 2.64. The summed E-state index contributed by atoms with van der Waals surface area (Å²) in [4.78, 5) is 23.9. The molecule has 0 spiro atoms. The van der Waals surface area contributed by atoms with Crippen LogP contribution >= 0.6 is 0 Å². The third kappa shape index (κ3) is 3.18. The first-order valence-electron chi connectivity index (χ1n) is 7.45. The Kier molecular flexibility index (Phi) is 4.39. The number of anilines is 1. The standard InChI is InChI=1S/C15H16N6O3/c1-10-6-12(19-24-10)15(23)21-5-4-20(8-11(22)9-21)14-13(7-16)17-2-3-18-14/h2-3,6,11,22H,4-5,8-9H2,1H3/t11-/m1/s1. The first-order chi connectivity index (χ1) is 11.6. The van der Waals surface area contributed by atoms with Crippen molar-refractivity contribution < 1.29 is 14.4 Å². The number of aliphatic hydroxyl groups is 1. The van der Waals surface area contributed by atoms with E-state index in [0.29, 0.717) is 24.7 Å². The Morgan fingerprint density at radius 1 is 1.38 bits per heavy atom. The highest BCUT2D eigenvalue weighted by Gasteiger charge is 2.28. The van der Waals surface area contributed by atoms with Gasteiger partial charge in [-0.2, -0.15) is 5.26 Å². The van der Waals surface area contributed by atoms with Gasteiger partial charge in [0.2, 0.25) is 0 Å². The third-order valence-corrected chi connectivity index (χ3v) is 3.72. The van der Waals surface area contributed by atoms with Crippen LogP contribution < -0.4 is 4.90 Å². The van der Waals surface area contributed by atoms with Crippen molar-refractivity contribution in [1.82, 2.24) is 20.0 Å². The molecule has 9 heteroatoms. The molecule has 1 aliphatic heterocycles. The van der Waals surface area contributed by atoms with Crippen molar-refractivity contribution >= 4 is 11.7 Å². The number of carbonyl (C=O) groups excluding carboxylic acids is 1. The van der Waals surface area contributed by atoms with Crippen molar-refractivity contribution in [1.29, 1.82) is 5.26 Å². The Labute approximate surface area is 138 Å². The van der Waals surface area contributed by atoms with Crippen LogP contribution in [0.5, 0.6) is 0 Å². The Balaban J connectivity index is 1.78. The lowest BCUT2D eigenvalue weighted by molar-refractivity contribution is 0.0664. The van der Waals surface area contributed by atoms with Gasteiger partial charge < -0.3 is 19.4 Å². The highest BCUT2D eigenvalue weighted by molar-refractivity contribution is 5.92. The Morgan fingerprint density at radius 3 is 2.88 bits per heavy atom. The number of aromatic nitrogens is 3. The van der Waals surface area contributed by atoms with E-state index >= 15 is 0 Å².